The molecule has 0 aliphatic heterocycles. The van der Waals surface area contributed by atoms with Crippen molar-refractivity contribution >= 4 is 52.6 Å². The summed E-state index contributed by atoms with van der Waals surface area (Å²) in [7, 11) is 1.46. The number of aromatic nitrogens is 2. The minimum absolute atomic E-state index is 0.655. The maximum absolute atomic E-state index is 6.04. The summed E-state index contributed by atoms with van der Waals surface area (Å²) in [6, 6.07) is 3.75. The number of nitrogens with zero attached hydrogens (tertiary/aromatic N) is 1. The van der Waals surface area contributed by atoms with Crippen molar-refractivity contribution in [2.75, 3.05) is 0 Å². The van der Waals surface area contributed by atoms with Crippen molar-refractivity contribution in [3.63, 3.8) is 0 Å². The van der Waals surface area contributed by atoms with E-state index >= 15 is 0 Å². The maximum Gasteiger partial charge on any atom is 0.112 e. The smallest absolute Gasteiger partial charge is 0.112 e. The van der Waals surface area contributed by atoms with E-state index < -0.39 is 0 Å². The summed E-state index contributed by atoms with van der Waals surface area (Å²) < 4.78 is 0. The molecule has 1 N–H and O–H groups in total. The molecule has 2 nitrogen and oxygen atoms in total. The number of nitrogens with one attached hydrogen (secondary N) is 1. The van der Waals surface area contributed by atoms with Crippen LogP contribution in [0.2, 0.25) is 5.02 Å². The first-order valence-electron chi connectivity index (χ1n) is 4.16. The van der Waals surface area contributed by atoms with Crippen LogP contribution in [0.25, 0.3) is 10.9 Å². The van der Waals surface area contributed by atoms with Gasteiger partial charge in [0.1, 0.15) is 5.52 Å². The first kappa shape index (κ1) is 11.1. The summed E-state index contributed by atoms with van der Waals surface area (Å²) >= 11 is 8.18. The Labute approximate surface area is 109 Å². The van der Waals surface area contributed by atoms with Gasteiger partial charge in [-0.1, -0.05) is 17.5 Å². The van der Waals surface area contributed by atoms with E-state index in [1.54, 1.807) is 0 Å². The van der Waals surface area contributed by atoms with Gasteiger partial charge in [-0.15, -0.1) is 0 Å². The summed E-state index contributed by atoms with van der Waals surface area (Å²) in [5.74, 6) is 3.08. The number of fused-ring (bicyclic) bond motifs is 1. The number of hydrogen-bond acceptors (Lipinski definition) is 2. The Hall–Kier alpha value is -0.380. The highest BCUT2D eigenvalue weighted by Crippen LogP contribution is 2.26. The normalized spacial score (nSPS) is 10.1. The highest BCUT2D eigenvalue weighted by Gasteiger charge is 2.08. The largest absolute Gasteiger partial charge is 0.282 e. The molecule has 2 rings (SSSR count). The van der Waals surface area contributed by atoms with Gasteiger partial charge in [0.05, 0.1) is 5.02 Å². The van der Waals surface area contributed by atoms with E-state index in [2.05, 4.69) is 42.6 Å². The lowest BCUT2D eigenvalue weighted by molar-refractivity contribution is 1.07. The monoisotopic (exact) mass is 348 g/mol. The quantitative estimate of drug-likeness (QED) is 0.577. The molecule has 0 aliphatic rings. The highest BCUT2D eigenvalue weighted by atomic mass is 127. The van der Waals surface area contributed by atoms with Gasteiger partial charge >= 0.3 is 0 Å². The number of aryl methyl sites for hydroxylation is 1. The number of H-pyrrole nitrogens is 1. The van der Waals surface area contributed by atoms with E-state index in [-0.39, 0.29) is 0 Å². The molecule has 0 bridgehead atoms. The molecule has 1 aromatic carbocycles. The molecule has 0 spiro atoms. The first-order valence-corrected chi connectivity index (χ1v) is 7.89. The summed E-state index contributed by atoms with van der Waals surface area (Å²) in [5.41, 5.74) is 2.75. The molecule has 0 saturated heterocycles. The zero-order valence-electron chi connectivity index (χ0n) is 7.77. The average Bonchev–Trinajstić information content (AvgIpc) is 2.61. The van der Waals surface area contributed by atoms with Gasteiger partial charge in [-0.2, -0.15) is 5.10 Å². The molecule has 0 aliphatic carbocycles. The first-order chi connectivity index (χ1) is 7.24. The fraction of sp³-hybridized carbons (Fsp3) is 0.100. The lowest BCUT2D eigenvalue weighted by Crippen LogP contribution is -1.79. The third kappa shape index (κ3) is 2.10. The third-order valence-corrected chi connectivity index (χ3v) is 3.21. The SMILES string of the molecule is Cc1[nH]nc2c(Cl)ccc(C#CSI)c12. The molecule has 2 aromatic rings. The van der Waals surface area contributed by atoms with Crippen LogP contribution in [0, 0.1) is 18.1 Å². The molecule has 0 unspecified atom stereocenters. The van der Waals surface area contributed by atoms with E-state index in [4.69, 9.17) is 11.6 Å². The van der Waals surface area contributed by atoms with Gasteiger partial charge in [-0.25, -0.2) is 0 Å². The molecule has 5 heteroatoms. The van der Waals surface area contributed by atoms with Gasteiger partial charge in [0.25, 0.3) is 0 Å². The summed E-state index contributed by atoms with van der Waals surface area (Å²) in [6.07, 6.45) is 0. The van der Waals surface area contributed by atoms with Gasteiger partial charge in [-0.05, 0) is 33.2 Å². The third-order valence-electron chi connectivity index (χ3n) is 2.06. The predicted octanol–water partition coefficient (Wildman–Crippen LogP) is 3.92. The predicted molar refractivity (Wildman–Crippen MR) is 74.3 cm³/mol. The molecular weight excluding hydrogens is 343 g/mol. The standard InChI is InChI=1S/C10H6ClIN2S/c1-6-9-7(4-5-15-12)2-3-8(11)10(9)14-13-6/h2-3H,1H3,(H,13,14). The van der Waals surface area contributed by atoms with Crippen LogP contribution in [-0.4, -0.2) is 10.2 Å². The Morgan fingerprint density at radius 3 is 3.07 bits per heavy atom. The van der Waals surface area contributed by atoms with Crippen molar-refractivity contribution in [1.82, 2.24) is 10.2 Å². The van der Waals surface area contributed by atoms with Crippen LogP contribution in [0.1, 0.15) is 11.3 Å². The van der Waals surface area contributed by atoms with Crippen molar-refractivity contribution in [2.24, 2.45) is 0 Å². The van der Waals surface area contributed by atoms with Crippen LogP contribution in [0.4, 0.5) is 0 Å². The van der Waals surface area contributed by atoms with E-state index in [1.165, 1.54) is 8.93 Å². The van der Waals surface area contributed by atoms with Crippen molar-refractivity contribution in [3.05, 3.63) is 28.4 Å². The number of halogens is 2. The Morgan fingerprint density at radius 1 is 1.53 bits per heavy atom. The van der Waals surface area contributed by atoms with Gasteiger partial charge in [0, 0.05) is 37.8 Å². The summed E-state index contributed by atoms with van der Waals surface area (Å²) in [6.45, 7) is 1.97. The number of hydrogen-bond donors (Lipinski definition) is 1. The molecular formula is C10H6ClIN2S. The maximum atomic E-state index is 6.04. The molecule has 0 amide bonds. The Balaban J connectivity index is 2.75. The lowest BCUT2D eigenvalue weighted by Gasteiger charge is -1.96. The van der Waals surface area contributed by atoms with Crippen molar-refractivity contribution in [3.8, 4) is 11.2 Å². The van der Waals surface area contributed by atoms with E-state index in [9.17, 15) is 0 Å². The Bertz CT molecular complexity index is 568. The molecule has 0 radical (unpaired) electrons. The zero-order chi connectivity index (χ0) is 10.8. The Kier molecular flexibility index (Phi) is 3.44. The Morgan fingerprint density at radius 2 is 2.33 bits per heavy atom. The highest BCUT2D eigenvalue weighted by molar-refractivity contribution is 14.2. The van der Waals surface area contributed by atoms with Crippen molar-refractivity contribution in [2.45, 2.75) is 6.92 Å². The van der Waals surface area contributed by atoms with Crippen LogP contribution in [0.3, 0.4) is 0 Å². The molecule has 0 atom stereocenters. The molecule has 1 aromatic heterocycles. The number of rotatable bonds is 0. The van der Waals surface area contributed by atoms with Crippen molar-refractivity contribution in [1.29, 1.82) is 0 Å². The van der Waals surface area contributed by atoms with Crippen LogP contribution in [-0.2, 0) is 0 Å². The molecule has 0 fully saturated rings. The van der Waals surface area contributed by atoms with Crippen molar-refractivity contribution < 1.29 is 0 Å². The van der Waals surface area contributed by atoms with E-state index in [0.717, 1.165) is 22.2 Å². The van der Waals surface area contributed by atoms with E-state index in [1.807, 2.05) is 19.1 Å². The van der Waals surface area contributed by atoms with Gasteiger partial charge < -0.3 is 0 Å². The second-order valence-corrected chi connectivity index (χ2v) is 5.06. The zero-order valence-corrected chi connectivity index (χ0v) is 11.5. The van der Waals surface area contributed by atoms with E-state index in [0.29, 0.717) is 5.02 Å². The second-order valence-electron chi connectivity index (χ2n) is 2.97. The minimum atomic E-state index is 0.655. The van der Waals surface area contributed by atoms with Gasteiger partial charge in [-0.3, -0.25) is 5.10 Å². The van der Waals surface area contributed by atoms with Crippen LogP contribution in [0.15, 0.2) is 12.1 Å². The topological polar surface area (TPSA) is 28.7 Å². The summed E-state index contributed by atoms with van der Waals surface area (Å²) in [5, 5.41) is 11.7. The molecule has 1 heterocycles. The van der Waals surface area contributed by atoms with Crippen LogP contribution < -0.4 is 0 Å². The molecule has 76 valence electrons. The van der Waals surface area contributed by atoms with Crippen LogP contribution >= 0.6 is 41.7 Å². The summed E-state index contributed by atoms with van der Waals surface area (Å²) in [4.78, 5) is 0. The van der Waals surface area contributed by atoms with Gasteiger partial charge in [0.15, 0.2) is 0 Å². The number of benzene rings is 1. The lowest BCUT2D eigenvalue weighted by atomic mass is 10.1. The van der Waals surface area contributed by atoms with Crippen LogP contribution in [0.5, 0.6) is 0 Å². The fourth-order valence-corrected chi connectivity index (χ4v) is 2.11. The van der Waals surface area contributed by atoms with Gasteiger partial charge in [0.2, 0.25) is 0 Å². The number of aromatic amines is 1. The fourth-order valence-electron chi connectivity index (χ4n) is 1.43. The molecule has 15 heavy (non-hydrogen) atoms. The molecule has 0 saturated carbocycles. The average molecular weight is 349 g/mol. The second kappa shape index (κ2) is 4.64. The minimum Gasteiger partial charge on any atom is -0.282 e.